The fourth-order valence-corrected chi connectivity index (χ4v) is 2.93. The second-order valence-corrected chi connectivity index (χ2v) is 4.85. The third-order valence-electron chi connectivity index (χ3n) is 3.79. The Labute approximate surface area is 91.7 Å². The Morgan fingerprint density at radius 1 is 1.40 bits per heavy atom. The Kier molecular flexibility index (Phi) is 2.83. The van der Waals surface area contributed by atoms with Gasteiger partial charge in [0.1, 0.15) is 0 Å². The number of hydrogen-bond donors (Lipinski definition) is 1. The molecule has 2 N–H and O–H groups in total. The molecule has 15 heavy (non-hydrogen) atoms. The van der Waals surface area contributed by atoms with Gasteiger partial charge in [-0.15, -0.1) is 0 Å². The number of nitrogens with zero attached hydrogens (tertiary/aromatic N) is 2. The molecule has 1 aliphatic carbocycles. The van der Waals surface area contributed by atoms with Crippen molar-refractivity contribution in [2.24, 2.45) is 12.8 Å². The Balaban J connectivity index is 2.36. The first-order valence-electron chi connectivity index (χ1n) is 5.89. The zero-order chi connectivity index (χ0) is 10.9. The van der Waals surface area contributed by atoms with Crippen molar-refractivity contribution < 1.29 is 0 Å². The highest BCUT2D eigenvalue weighted by atomic mass is 15.2. The van der Waals surface area contributed by atoms with Crippen molar-refractivity contribution in [3.8, 4) is 0 Å². The average Bonchev–Trinajstić information content (AvgIpc) is 2.59. The molecule has 3 nitrogen and oxygen atoms in total. The molecule has 3 heteroatoms. The summed E-state index contributed by atoms with van der Waals surface area (Å²) >= 11 is 0. The molecule has 1 saturated carbocycles. The highest BCUT2D eigenvalue weighted by Crippen LogP contribution is 2.39. The van der Waals surface area contributed by atoms with Gasteiger partial charge in [0.25, 0.3) is 0 Å². The number of aryl methyl sites for hydroxylation is 2. The first-order chi connectivity index (χ1) is 7.18. The van der Waals surface area contributed by atoms with Gasteiger partial charge >= 0.3 is 0 Å². The van der Waals surface area contributed by atoms with Gasteiger partial charge in [0.05, 0.1) is 5.69 Å². The normalized spacial score (nSPS) is 20.5. The maximum absolute atomic E-state index is 6.01. The van der Waals surface area contributed by atoms with E-state index in [1.54, 1.807) is 0 Å². The molecule has 84 valence electrons. The second kappa shape index (κ2) is 3.97. The Morgan fingerprint density at radius 3 is 2.53 bits per heavy atom. The summed E-state index contributed by atoms with van der Waals surface area (Å²) in [6.07, 6.45) is 8.61. The molecule has 1 fully saturated rings. The van der Waals surface area contributed by atoms with E-state index in [1.807, 2.05) is 11.7 Å². The number of hydrogen-bond acceptors (Lipinski definition) is 2. The van der Waals surface area contributed by atoms with Crippen LogP contribution in [0, 0.1) is 6.92 Å². The van der Waals surface area contributed by atoms with Crippen molar-refractivity contribution in [1.29, 1.82) is 0 Å². The summed E-state index contributed by atoms with van der Waals surface area (Å²) in [7, 11) is 1.99. The lowest BCUT2D eigenvalue weighted by Crippen LogP contribution is -2.37. The lowest BCUT2D eigenvalue weighted by Gasteiger charge is -2.36. The topological polar surface area (TPSA) is 43.8 Å². The minimum atomic E-state index is 0.219. The van der Waals surface area contributed by atoms with Crippen LogP contribution in [0.15, 0.2) is 6.20 Å². The number of aromatic nitrogens is 2. The first kappa shape index (κ1) is 10.7. The van der Waals surface area contributed by atoms with Crippen molar-refractivity contribution in [3.63, 3.8) is 0 Å². The number of rotatable bonds is 2. The van der Waals surface area contributed by atoms with Crippen molar-refractivity contribution >= 4 is 0 Å². The second-order valence-electron chi connectivity index (χ2n) is 4.85. The maximum Gasteiger partial charge on any atom is 0.0631 e. The number of nitrogens with two attached hydrogens (primary N) is 1. The van der Waals surface area contributed by atoms with Crippen molar-refractivity contribution in [2.75, 3.05) is 6.54 Å². The molecule has 0 radical (unpaired) electrons. The largest absolute Gasteiger partial charge is 0.330 e. The third kappa shape index (κ3) is 1.81. The molecule has 1 aliphatic rings. The molecular weight excluding hydrogens is 186 g/mol. The van der Waals surface area contributed by atoms with E-state index in [4.69, 9.17) is 5.73 Å². The predicted octanol–water partition coefficient (Wildman–Crippen LogP) is 1.89. The van der Waals surface area contributed by atoms with E-state index < -0.39 is 0 Å². The summed E-state index contributed by atoms with van der Waals surface area (Å²) in [4.78, 5) is 0. The summed E-state index contributed by atoms with van der Waals surface area (Å²) in [5.74, 6) is 0. The average molecular weight is 207 g/mol. The molecule has 0 aromatic carbocycles. The summed E-state index contributed by atoms with van der Waals surface area (Å²) < 4.78 is 1.91. The zero-order valence-electron chi connectivity index (χ0n) is 9.79. The van der Waals surface area contributed by atoms with E-state index in [2.05, 4.69) is 18.2 Å². The zero-order valence-corrected chi connectivity index (χ0v) is 9.79. The van der Waals surface area contributed by atoms with Crippen LogP contribution in [0.25, 0.3) is 0 Å². The molecular formula is C12H21N3. The molecule has 0 unspecified atom stereocenters. The van der Waals surface area contributed by atoms with Gasteiger partial charge in [-0.3, -0.25) is 4.68 Å². The predicted molar refractivity (Wildman–Crippen MR) is 61.8 cm³/mol. The Morgan fingerprint density at radius 2 is 2.07 bits per heavy atom. The van der Waals surface area contributed by atoms with E-state index in [9.17, 15) is 0 Å². The van der Waals surface area contributed by atoms with E-state index in [-0.39, 0.29) is 5.41 Å². The van der Waals surface area contributed by atoms with Crippen LogP contribution in [0.4, 0.5) is 0 Å². The van der Waals surface area contributed by atoms with Crippen LogP contribution in [0.3, 0.4) is 0 Å². The van der Waals surface area contributed by atoms with Crippen LogP contribution in [-0.2, 0) is 12.5 Å². The highest BCUT2D eigenvalue weighted by Gasteiger charge is 2.34. The van der Waals surface area contributed by atoms with E-state index >= 15 is 0 Å². The van der Waals surface area contributed by atoms with Gasteiger partial charge in [0.2, 0.25) is 0 Å². The molecule has 2 rings (SSSR count). The van der Waals surface area contributed by atoms with E-state index in [0.717, 1.165) is 12.2 Å². The standard InChI is InChI=1S/C12H21N3/c1-10-11(8-15(2)14-10)12(9-13)6-4-3-5-7-12/h8H,3-7,9,13H2,1-2H3. The quantitative estimate of drug-likeness (QED) is 0.804. The lowest BCUT2D eigenvalue weighted by atomic mass is 9.69. The third-order valence-corrected chi connectivity index (χ3v) is 3.79. The summed E-state index contributed by atoms with van der Waals surface area (Å²) in [5.41, 5.74) is 8.77. The maximum atomic E-state index is 6.01. The van der Waals surface area contributed by atoms with Crippen molar-refractivity contribution in [1.82, 2.24) is 9.78 Å². The van der Waals surface area contributed by atoms with Crippen LogP contribution in [0.1, 0.15) is 43.4 Å². The van der Waals surface area contributed by atoms with Crippen molar-refractivity contribution in [2.45, 2.75) is 44.4 Å². The lowest BCUT2D eigenvalue weighted by molar-refractivity contribution is 0.299. The summed E-state index contributed by atoms with van der Waals surface area (Å²) in [6.45, 7) is 2.86. The molecule has 0 spiro atoms. The van der Waals surface area contributed by atoms with Crippen LogP contribution in [0.5, 0.6) is 0 Å². The summed E-state index contributed by atoms with van der Waals surface area (Å²) in [6, 6.07) is 0. The first-order valence-corrected chi connectivity index (χ1v) is 5.89. The molecule has 1 aromatic heterocycles. The monoisotopic (exact) mass is 207 g/mol. The van der Waals surface area contributed by atoms with E-state index in [1.165, 1.54) is 37.7 Å². The van der Waals surface area contributed by atoms with Crippen LogP contribution >= 0.6 is 0 Å². The highest BCUT2D eigenvalue weighted by molar-refractivity contribution is 5.28. The van der Waals surface area contributed by atoms with Gasteiger partial charge < -0.3 is 5.73 Å². The van der Waals surface area contributed by atoms with Crippen LogP contribution in [0.2, 0.25) is 0 Å². The minimum absolute atomic E-state index is 0.219. The Hall–Kier alpha value is -0.830. The minimum Gasteiger partial charge on any atom is -0.330 e. The molecule has 1 heterocycles. The smallest absolute Gasteiger partial charge is 0.0631 e. The molecule has 1 aromatic rings. The molecule has 0 saturated heterocycles. The molecule has 0 atom stereocenters. The van der Waals surface area contributed by atoms with Gasteiger partial charge in [0, 0.05) is 30.8 Å². The summed E-state index contributed by atoms with van der Waals surface area (Å²) in [5, 5.41) is 4.44. The van der Waals surface area contributed by atoms with Gasteiger partial charge in [-0.2, -0.15) is 5.10 Å². The SMILES string of the molecule is Cc1nn(C)cc1C1(CN)CCCCC1. The van der Waals surface area contributed by atoms with E-state index in [0.29, 0.717) is 0 Å². The fourth-order valence-electron chi connectivity index (χ4n) is 2.93. The van der Waals surface area contributed by atoms with Gasteiger partial charge in [-0.25, -0.2) is 0 Å². The van der Waals surface area contributed by atoms with Gasteiger partial charge in [-0.1, -0.05) is 19.3 Å². The van der Waals surface area contributed by atoms with Crippen LogP contribution < -0.4 is 5.73 Å². The van der Waals surface area contributed by atoms with Gasteiger partial charge in [-0.05, 0) is 19.8 Å². The molecule has 0 aliphatic heterocycles. The van der Waals surface area contributed by atoms with Gasteiger partial charge in [0.15, 0.2) is 0 Å². The van der Waals surface area contributed by atoms with Crippen LogP contribution in [-0.4, -0.2) is 16.3 Å². The fraction of sp³-hybridized carbons (Fsp3) is 0.750. The van der Waals surface area contributed by atoms with Crippen molar-refractivity contribution in [3.05, 3.63) is 17.5 Å². The molecule has 0 amide bonds. The Bertz CT molecular complexity index is 335. The molecule has 0 bridgehead atoms.